The van der Waals surface area contributed by atoms with E-state index in [1.165, 1.54) is 6.07 Å². The molecule has 0 spiro atoms. The summed E-state index contributed by atoms with van der Waals surface area (Å²) in [5, 5.41) is 10.5. The molecule has 0 bridgehead atoms. The summed E-state index contributed by atoms with van der Waals surface area (Å²) >= 11 is 5.70. The molecule has 1 aliphatic carbocycles. The third-order valence-electron chi connectivity index (χ3n) is 5.02. The Morgan fingerprint density at radius 3 is 2.69 bits per heavy atom. The van der Waals surface area contributed by atoms with Crippen LogP contribution in [0.2, 0.25) is 5.02 Å². The van der Waals surface area contributed by atoms with Crippen molar-refractivity contribution in [2.24, 2.45) is 10.9 Å². The molecular weight excluding hydrogens is 477 g/mol. The lowest BCUT2D eigenvalue weighted by atomic mass is 9.84. The second kappa shape index (κ2) is 7.81. The third-order valence-corrected chi connectivity index (χ3v) is 6.54. The van der Waals surface area contributed by atoms with Gasteiger partial charge < -0.3 is 9.84 Å². The average Bonchev–Trinajstić information content (AvgIpc) is 3.48. The number of amidine groups is 1. The summed E-state index contributed by atoms with van der Waals surface area (Å²) in [4.78, 5) is 18.3. The van der Waals surface area contributed by atoms with Crippen molar-refractivity contribution in [2.45, 2.75) is 29.5 Å². The van der Waals surface area contributed by atoms with Crippen molar-refractivity contribution >= 4 is 39.4 Å². The molecule has 1 saturated carbocycles. The predicted octanol–water partition coefficient (Wildman–Crippen LogP) is 3.18. The Morgan fingerprint density at radius 2 is 2.06 bits per heavy atom. The van der Waals surface area contributed by atoms with E-state index in [0.29, 0.717) is 0 Å². The Bertz CT molecular complexity index is 1210. The number of carboxylic acid groups (broad SMARTS) is 1. The molecule has 3 atom stereocenters. The molecule has 0 saturated heterocycles. The lowest BCUT2D eigenvalue weighted by molar-refractivity contribution is 0.0167. The summed E-state index contributed by atoms with van der Waals surface area (Å²) in [6.07, 6.45) is -4.43. The Hall–Kier alpha value is -3.06. The number of nitrogens with zero attached hydrogens (tertiary/aromatic N) is 2. The van der Waals surface area contributed by atoms with Gasteiger partial charge in [0.1, 0.15) is 11.9 Å². The Balaban J connectivity index is 1.76. The molecule has 32 heavy (non-hydrogen) atoms. The van der Waals surface area contributed by atoms with E-state index in [0.717, 1.165) is 30.5 Å². The molecule has 170 valence electrons. The maximum absolute atomic E-state index is 14.8. The number of hydrogen-bond acceptors (Lipinski definition) is 6. The number of fused-ring (bicyclic) bond motifs is 1. The molecule has 0 radical (unpaired) electrons. The average molecular weight is 491 g/mol. The molecule has 1 fully saturated rings. The maximum Gasteiger partial charge on any atom is 0.412 e. The molecule has 3 N–H and O–H groups in total. The number of anilines is 1. The predicted molar refractivity (Wildman–Crippen MR) is 106 cm³/mol. The van der Waals surface area contributed by atoms with Gasteiger partial charge in [-0.1, -0.05) is 11.6 Å². The van der Waals surface area contributed by atoms with Gasteiger partial charge in [-0.2, -0.15) is 8.42 Å². The standard InChI is InChI=1S/C18H14ClF3N4O5S/c19-8-1-4-14(23-7-8)32(29,30)26-9-2-3-12(20)10(5-9)18(15(21)22)11-6-13(11)31-16(25-18)24-17(27)28/h1-5,7,11,13,15,26H,6H2,(H,24,25)(H,27,28)/t11-,13+,18+/m0/s1. The van der Waals surface area contributed by atoms with Gasteiger partial charge >= 0.3 is 6.09 Å². The summed E-state index contributed by atoms with van der Waals surface area (Å²) in [5.41, 5.74) is -3.29. The smallest absolute Gasteiger partial charge is 0.412 e. The van der Waals surface area contributed by atoms with Gasteiger partial charge in [-0.05, 0) is 36.8 Å². The van der Waals surface area contributed by atoms with Crippen molar-refractivity contribution in [3.8, 4) is 0 Å². The normalized spacial score (nSPS) is 24.2. The van der Waals surface area contributed by atoms with Crippen molar-refractivity contribution in [1.29, 1.82) is 0 Å². The number of carbonyl (C=O) groups is 1. The van der Waals surface area contributed by atoms with Crippen molar-refractivity contribution in [3.05, 3.63) is 52.9 Å². The van der Waals surface area contributed by atoms with E-state index in [9.17, 15) is 26.4 Å². The fraction of sp³-hybridized carbons (Fsp3) is 0.278. The first-order chi connectivity index (χ1) is 15.0. The van der Waals surface area contributed by atoms with Crippen LogP contribution in [0.5, 0.6) is 0 Å². The second-order valence-electron chi connectivity index (χ2n) is 7.09. The van der Waals surface area contributed by atoms with Crippen molar-refractivity contribution in [2.75, 3.05) is 4.72 Å². The van der Waals surface area contributed by atoms with Crippen LogP contribution in [0, 0.1) is 11.7 Å². The largest absolute Gasteiger partial charge is 0.465 e. The van der Waals surface area contributed by atoms with Crippen LogP contribution in [-0.4, -0.2) is 43.2 Å². The van der Waals surface area contributed by atoms with Crippen LogP contribution in [0.1, 0.15) is 12.0 Å². The van der Waals surface area contributed by atoms with Gasteiger partial charge in [0.15, 0.2) is 10.6 Å². The fourth-order valence-corrected chi connectivity index (χ4v) is 4.64. The molecular formula is C18H14ClF3N4O5S. The number of amides is 1. The number of pyridine rings is 1. The molecule has 2 aliphatic rings. The summed E-state index contributed by atoms with van der Waals surface area (Å²) in [7, 11) is -4.24. The molecule has 0 unspecified atom stereocenters. The summed E-state index contributed by atoms with van der Waals surface area (Å²) in [5.74, 6) is -2.00. The molecule has 9 nitrogen and oxygen atoms in total. The SMILES string of the molecule is O=C(O)NC1=N[C@@](c2cc(NS(=O)(=O)c3ccc(Cl)cn3)ccc2F)(C(F)F)[C@H]2C[C@H]2O1. The molecule has 2 aromatic rings. The minimum absolute atomic E-state index is 0.0860. The number of aliphatic imine (C=N–C) groups is 1. The summed E-state index contributed by atoms with van der Waals surface area (Å²) < 4.78 is 75.9. The number of sulfonamides is 1. The van der Waals surface area contributed by atoms with Crippen LogP contribution >= 0.6 is 11.6 Å². The molecule has 1 amide bonds. The van der Waals surface area contributed by atoms with Gasteiger partial charge in [0.2, 0.25) is 0 Å². The molecule has 4 rings (SSSR count). The van der Waals surface area contributed by atoms with Gasteiger partial charge in [-0.25, -0.2) is 33.3 Å². The van der Waals surface area contributed by atoms with Gasteiger partial charge in [0.05, 0.1) is 5.02 Å². The second-order valence-corrected chi connectivity index (χ2v) is 9.15. The zero-order valence-corrected chi connectivity index (χ0v) is 17.4. The van der Waals surface area contributed by atoms with Crippen LogP contribution < -0.4 is 10.0 Å². The fourth-order valence-electron chi connectivity index (χ4n) is 3.55. The van der Waals surface area contributed by atoms with Crippen molar-refractivity contribution < 1.29 is 36.2 Å². The van der Waals surface area contributed by atoms with Crippen molar-refractivity contribution in [1.82, 2.24) is 10.3 Å². The van der Waals surface area contributed by atoms with E-state index in [-0.39, 0.29) is 17.1 Å². The lowest BCUT2D eigenvalue weighted by Gasteiger charge is -2.33. The maximum atomic E-state index is 14.8. The van der Waals surface area contributed by atoms with Crippen LogP contribution in [0.15, 0.2) is 46.5 Å². The molecule has 1 aromatic heterocycles. The third kappa shape index (κ3) is 3.93. The van der Waals surface area contributed by atoms with Crippen LogP contribution in [-0.2, 0) is 20.3 Å². The van der Waals surface area contributed by atoms with Crippen LogP contribution in [0.4, 0.5) is 23.7 Å². The number of alkyl halides is 2. The van der Waals surface area contributed by atoms with E-state index in [4.69, 9.17) is 21.4 Å². The van der Waals surface area contributed by atoms with Gasteiger partial charge in [-0.15, -0.1) is 0 Å². The minimum atomic E-state index is -4.24. The highest BCUT2D eigenvalue weighted by molar-refractivity contribution is 7.92. The number of benzene rings is 1. The Morgan fingerprint density at radius 1 is 1.31 bits per heavy atom. The van der Waals surface area contributed by atoms with Gasteiger partial charge in [0.25, 0.3) is 22.5 Å². The highest BCUT2D eigenvalue weighted by atomic mass is 35.5. The highest BCUT2D eigenvalue weighted by Crippen LogP contribution is 2.56. The number of halogens is 4. The first kappa shape index (κ1) is 22.1. The van der Waals surface area contributed by atoms with E-state index in [1.807, 2.05) is 0 Å². The lowest BCUT2D eigenvalue weighted by Crippen LogP contribution is -2.45. The molecule has 2 heterocycles. The number of aromatic nitrogens is 1. The van der Waals surface area contributed by atoms with Gasteiger partial charge in [0, 0.05) is 23.4 Å². The van der Waals surface area contributed by atoms with E-state index in [2.05, 4.69) is 14.7 Å². The van der Waals surface area contributed by atoms with E-state index in [1.54, 1.807) is 5.32 Å². The molecule has 14 heteroatoms. The Kier molecular flexibility index (Phi) is 5.41. The van der Waals surface area contributed by atoms with Crippen LogP contribution in [0.3, 0.4) is 0 Å². The Labute approximate surface area is 184 Å². The molecule has 1 aromatic carbocycles. The highest BCUT2D eigenvalue weighted by Gasteiger charge is 2.64. The van der Waals surface area contributed by atoms with Crippen LogP contribution in [0.25, 0.3) is 0 Å². The first-order valence-electron chi connectivity index (χ1n) is 9.02. The first-order valence-corrected chi connectivity index (χ1v) is 10.9. The van der Waals surface area contributed by atoms with Gasteiger partial charge in [-0.3, -0.25) is 4.72 Å². The quantitative estimate of drug-likeness (QED) is 0.590. The number of ether oxygens (including phenoxy) is 1. The van der Waals surface area contributed by atoms with E-state index >= 15 is 0 Å². The topological polar surface area (TPSA) is 130 Å². The zero-order valence-electron chi connectivity index (χ0n) is 15.8. The number of rotatable bonds is 5. The summed E-state index contributed by atoms with van der Waals surface area (Å²) in [6, 6.07) is 4.52. The minimum Gasteiger partial charge on any atom is -0.465 e. The van der Waals surface area contributed by atoms with E-state index < -0.39 is 62.5 Å². The number of hydrogen-bond donors (Lipinski definition) is 3. The zero-order chi connectivity index (χ0) is 23.3. The summed E-state index contributed by atoms with van der Waals surface area (Å²) in [6.45, 7) is 0. The monoisotopic (exact) mass is 490 g/mol. The van der Waals surface area contributed by atoms with Crippen molar-refractivity contribution in [3.63, 3.8) is 0 Å². The molecule has 1 aliphatic heterocycles. The number of nitrogens with one attached hydrogen (secondary N) is 2.